The molecule has 0 aliphatic carbocycles. The number of ketones is 1. The van der Waals surface area contributed by atoms with Crippen LogP contribution in [0.2, 0.25) is 0 Å². The maximum atomic E-state index is 12.3. The van der Waals surface area contributed by atoms with Crippen LogP contribution in [-0.2, 0) is 9.84 Å². The third-order valence-corrected chi connectivity index (χ3v) is 6.94. The molecule has 5 nitrogen and oxygen atoms in total. The van der Waals surface area contributed by atoms with Gasteiger partial charge in [0.25, 0.3) is 0 Å². The molecule has 1 aliphatic rings. The quantitative estimate of drug-likeness (QED) is 0.670. The first-order valence-electron chi connectivity index (χ1n) is 6.83. The molecule has 1 heterocycles. The summed E-state index contributed by atoms with van der Waals surface area (Å²) in [6.45, 7) is 3.77. The van der Waals surface area contributed by atoms with E-state index in [9.17, 15) is 13.2 Å². The molecule has 0 bridgehead atoms. The molecule has 1 unspecified atom stereocenters. The van der Waals surface area contributed by atoms with E-state index in [1.165, 1.54) is 6.92 Å². The van der Waals surface area contributed by atoms with E-state index >= 15 is 0 Å². The maximum absolute atomic E-state index is 12.3. The van der Waals surface area contributed by atoms with Crippen LogP contribution in [0.1, 0.15) is 24.2 Å². The van der Waals surface area contributed by atoms with Crippen LogP contribution in [0.25, 0.3) is 0 Å². The highest BCUT2D eigenvalue weighted by atomic mass is 32.2. The molecule has 0 spiro atoms. The molecule has 1 atom stereocenters. The Kier molecular flexibility index (Phi) is 4.83. The molecule has 0 amide bonds. The molecule has 0 radical (unpaired) electrons. The Morgan fingerprint density at radius 1 is 1.48 bits per heavy atom. The Morgan fingerprint density at radius 2 is 2.19 bits per heavy atom. The lowest BCUT2D eigenvalue weighted by Crippen LogP contribution is -2.48. The van der Waals surface area contributed by atoms with Gasteiger partial charge in [0.15, 0.2) is 15.6 Å². The van der Waals surface area contributed by atoms with E-state index in [4.69, 9.17) is 5.73 Å². The molecular formula is C14H20N2O3S2. The Labute approximate surface area is 129 Å². The monoisotopic (exact) mass is 328 g/mol. The molecule has 21 heavy (non-hydrogen) atoms. The number of benzene rings is 1. The minimum absolute atomic E-state index is 0.114. The van der Waals surface area contributed by atoms with Crippen molar-refractivity contribution in [2.24, 2.45) is 0 Å². The maximum Gasteiger partial charge on any atom is 0.171 e. The number of Topliss-reactive ketones (excluding diaryl/α,β-unsaturated/α-hetero) is 1. The SMILES string of the molecule is CCS(=O)(=O)C1CSCCN1c1ccc(N)c(C(C)=O)c1. The van der Waals surface area contributed by atoms with Crippen molar-refractivity contribution in [3.05, 3.63) is 23.8 Å². The van der Waals surface area contributed by atoms with Gasteiger partial charge in [0.2, 0.25) is 0 Å². The van der Waals surface area contributed by atoms with Crippen LogP contribution >= 0.6 is 11.8 Å². The first-order valence-corrected chi connectivity index (χ1v) is 9.70. The van der Waals surface area contributed by atoms with Gasteiger partial charge in [0.1, 0.15) is 5.37 Å². The van der Waals surface area contributed by atoms with Crippen molar-refractivity contribution in [3.63, 3.8) is 0 Å². The summed E-state index contributed by atoms with van der Waals surface area (Å²) in [6, 6.07) is 5.16. The van der Waals surface area contributed by atoms with Gasteiger partial charge in [-0.1, -0.05) is 6.92 Å². The average molecular weight is 328 g/mol. The van der Waals surface area contributed by atoms with Gasteiger partial charge in [-0.3, -0.25) is 4.79 Å². The normalized spacial score (nSPS) is 19.5. The zero-order valence-corrected chi connectivity index (χ0v) is 13.8. The van der Waals surface area contributed by atoms with Crippen LogP contribution in [0, 0.1) is 0 Å². The van der Waals surface area contributed by atoms with Crippen LogP contribution in [0.3, 0.4) is 0 Å². The number of thioether (sulfide) groups is 1. The van der Waals surface area contributed by atoms with Gasteiger partial charge in [0.05, 0.1) is 0 Å². The molecule has 0 saturated carbocycles. The number of carbonyl (C=O) groups excluding carboxylic acids is 1. The lowest BCUT2D eigenvalue weighted by atomic mass is 10.1. The first-order chi connectivity index (χ1) is 9.86. The fourth-order valence-corrected chi connectivity index (χ4v) is 5.39. The van der Waals surface area contributed by atoms with Crippen LogP contribution < -0.4 is 10.6 Å². The minimum Gasteiger partial charge on any atom is -0.398 e. The fraction of sp³-hybridized carbons (Fsp3) is 0.500. The van der Waals surface area contributed by atoms with Crippen molar-refractivity contribution in [1.29, 1.82) is 0 Å². The molecule has 2 N–H and O–H groups in total. The van der Waals surface area contributed by atoms with Crippen molar-refractivity contribution in [3.8, 4) is 0 Å². The van der Waals surface area contributed by atoms with Gasteiger partial charge in [-0.25, -0.2) is 8.42 Å². The molecule has 1 aromatic carbocycles. The summed E-state index contributed by atoms with van der Waals surface area (Å²) in [5, 5.41) is -0.537. The molecular weight excluding hydrogens is 308 g/mol. The summed E-state index contributed by atoms with van der Waals surface area (Å²) < 4.78 is 24.6. The van der Waals surface area contributed by atoms with E-state index in [1.807, 2.05) is 4.90 Å². The van der Waals surface area contributed by atoms with Gasteiger partial charge < -0.3 is 10.6 Å². The molecule has 1 saturated heterocycles. The Morgan fingerprint density at radius 3 is 2.81 bits per heavy atom. The standard InChI is InChI=1S/C14H20N2O3S2/c1-3-21(18,19)14-9-20-7-6-16(14)11-4-5-13(15)12(8-11)10(2)17/h4-5,8,14H,3,6-7,9,15H2,1-2H3. The van der Waals surface area contributed by atoms with E-state index in [1.54, 1.807) is 36.9 Å². The Bertz CT molecular complexity index is 644. The number of rotatable bonds is 4. The summed E-state index contributed by atoms with van der Waals surface area (Å²) in [7, 11) is -3.17. The van der Waals surface area contributed by atoms with Crippen molar-refractivity contribution in [2.75, 3.05) is 34.4 Å². The van der Waals surface area contributed by atoms with Crippen LogP contribution in [-0.4, -0.2) is 43.4 Å². The number of anilines is 2. The van der Waals surface area contributed by atoms with Crippen LogP contribution in [0.5, 0.6) is 0 Å². The Balaban J connectivity index is 2.43. The number of nitrogen functional groups attached to an aromatic ring is 1. The topological polar surface area (TPSA) is 80.5 Å². The highest BCUT2D eigenvalue weighted by Gasteiger charge is 2.33. The molecule has 7 heteroatoms. The molecule has 1 fully saturated rings. The number of hydrogen-bond acceptors (Lipinski definition) is 6. The van der Waals surface area contributed by atoms with E-state index < -0.39 is 15.2 Å². The van der Waals surface area contributed by atoms with E-state index in [-0.39, 0.29) is 11.5 Å². The summed E-state index contributed by atoms with van der Waals surface area (Å²) in [5.41, 5.74) is 7.42. The van der Waals surface area contributed by atoms with E-state index in [0.717, 1.165) is 11.4 Å². The molecule has 2 rings (SSSR count). The second kappa shape index (κ2) is 6.27. The van der Waals surface area contributed by atoms with Crippen LogP contribution in [0.15, 0.2) is 18.2 Å². The van der Waals surface area contributed by atoms with Crippen LogP contribution in [0.4, 0.5) is 11.4 Å². The van der Waals surface area contributed by atoms with E-state index in [2.05, 4.69) is 0 Å². The lowest BCUT2D eigenvalue weighted by Gasteiger charge is -2.36. The summed E-state index contributed by atoms with van der Waals surface area (Å²) in [4.78, 5) is 13.5. The predicted molar refractivity (Wildman–Crippen MR) is 88.8 cm³/mol. The Hall–Kier alpha value is -1.21. The van der Waals surface area contributed by atoms with Crippen molar-refractivity contribution >= 4 is 38.8 Å². The van der Waals surface area contributed by atoms with Crippen molar-refractivity contribution in [1.82, 2.24) is 0 Å². The second-order valence-corrected chi connectivity index (χ2v) is 8.60. The molecule has 1 aliphatic heterocycles. The largest absolute Gasteiger partial charge is 0.398 e. The number of nitrogens with two attached hydrogens (primary N) is 1. The first kappa shape index (κ1) is 16.2. The van der Waals surface area contributed by atoms with Gasteiger partial charge in [0, 0.05) is 40.7 Å². The zero-order chi connectivity index (χ0) is 15.6. The second-order valence-electron chi connectivity index (χ2n) is 5.00. The third kappa shape index (κ3) is 3.35. The highest BCUT2D eigenvalue weighted by molar-refractivity contribution is 8.01. The lowest BCUT2D eigenvalue weighted by molar-refractivity contribution is 0.101. The van der Waals surface area contributed by atoms with Crippen molar-refractivity contribution < 1.29 is 13.2 Å². The van der Waals surface area contributed by atoms with E-state index in [0.29, 0.717) is 23.5 Å². The molecule has 1 aromatic rings. The molecule has 0 aromatic heterocycles. The summed E-state index contributed by atoms with van der Waals surface area (Å²) >= 11 is 1.64. The predicted octanol–water partition coefficient (Wildman–Crippen LogP) is 1.79. The highest BCUT2D eigenvalue weighted by Crippen LogP contribution is 2.29. The summed E-state index contributed by atoms with van der Waals surface area (Å²) in [6.07, 6.45) is 0. The van der Waals surface area contributed by atoms with Gasteiger partial charge in [-0.05, 0) is 25.1 Å². The smallest absolute Gasteiger partial charge is 0.171 e. The average Bonchev–Trinajstić information content (AvgIpc) is 2.47. The number of nitrogens with zero attached hydrogens (tertiary/aromatic N) is 1. The number of carbonyl (C=O) groups is 1. The third-order valence-electron chi connectivity index (χ3n) is 3.65. The fourth-order valence-electron chi connectivity index (χ4n) is 2.39. The summed E-state index contributed by atoms with van der Waals surface area (Å²) in [5.74, 6) is 1.42. The zero-order valence-electron chi connectivity index (χ0n) is 12.2. The number of sulfone groups is 1. The van der Waals surface area contributed by atoms with Gasteiger partial charge in [-0.2, -0.15) is 11.8 Å². The van der Waals surface area contributed by atoms with Crippen molar-refractivity contribution in [2.45, 2.75) is 19.2 Å². The minimum atomic E-state index is -3.17. The molecule has 116 valence electrons. The number of hydrogen-bond donors (Lipinski definition) is 1. The van der Waals surface area contributed by atoms with Gasteiger partial charge >= 0.3 is 0 Å². The van der Waals surface area contributed by atoms with Gasteiger partial charge in [-0.15, -0.1) is 0 Å².